The summed E-state index contributed by atoms with van der Waals surface area (Å²) in [4.78, 5) is 36.8. The number of aliphatic carboxylic acids is 1. The van der Waals surface area contributed by atoms with Crippen LogP contribution in [-0.4, -0.2) is 135 Å². The Bertz CT molecular complexity index is 1060. The van der Waals surface area contributed by atoms with E-state index < -0.39 is 97.0 Å². The van der Waals surface area contributed by atoms with E-state index in [1.165, 1.54) is 19.9 Å². The Hall–Kier alpha value is -3.09. The Morgan fingerprint density at radius 1 is 1.07 bits per heavy atom. The van der Waals surface area contributed by atoms with Crippen molar-refractivity contribution in [2.24, 2.45) is 0 Å². The number of carboxylic acids is 1. The molecule has 9 N–H and O–H groups in total. The van der Waals surface area contributed by atoms with Crippen LogP contribution in [0.5, 0.6) is 11.5 Å². The maximum absolute atomic E-state index is 13.2. The molecule has 0 spiro atoms. The van der Waals surface area contributed by atoms with Gasteiger partial charge in [0, 0.05) is 20.5 Å². The first-order valence-corrected chi connectivity index (χ1v) is 13.1. The van der Waals surface area contributed by atoms with Crippen LogP contribution >= 0.6 is 0 Å². The van der Waals surface area contributed by atoms with E-state index in [2.05, 4.69) is 10.6 Å². The third kappa shape index (κ3) is 9.47. The first-order chi connectivity index (χ1) is 19.7. The number of ether oxygens (including phenoxy) is 4. The van der Waals surface area contributed by atoms with Gasteiger partial charge in [0.15, 0.2) is 23.9 Å². The van der Waals surface area contributed by atoms with Gasteiger partial charge in [-0.15, -0.1) is 0 Å². The lowest BCUT2D eigenvalue weighted by molar-refractivity contribution is -0.296. The fourth-order valence-corrected chi connectivity index (χ4v) is 4.27. The summed E-state index contributed by atoms with van der Waals surface area (Å²) in [6.45, 7) is 3.30. The number of phenolic OH excluding ortho intramolecular Hbond substituents is 2. The molecule has 0 bridgehead atoms. The van der Waals surface area contributed by atoms with Crippen molar-refractivity contribution in [3.8, 4) is 11.5 Å². The maximum Gasteiger partial charge on any atom is 0.326 e. The minimum absolute atomic E-state index is 0.280. The van der Waals surface area contributed by atoms with Crippen LogP contribution in [0.25, 0.3) is 0 Å². The van der Waals surface area contributed by atoms with Gasteiger partial charge in [0.05, 0.1) is 31.5 Å². The average Bonchev–Trinajstić information content (AvgIpc) is 2.92. The Balaban J connectivity index is 2.18. The second-order valence-electron chi connectivity index (χ2n) is 9.98. The number of aliphatic hydroxyl groups is 4. The number of rotatable bonds is 15. The van der Waals surface area contributed by atoms with Gasteiger partial charge in [-0.2, -0.15) is 0 Å². The Labute approximate surface area is 241 Å². The van der Waals surface area contributed by atoms with E-state index in [9.17, 15) is 50.1 Å². The lowest BCUT2D eigenvalue weighted by atomic mass is 9.97. The van der Waals surface area contributed by atoms with E-state index in [1.54, 1.807) is 6.92 Å². The van der Waals surface area contributed by atoms with Crippen molar-refractivity contribution in [2.75, 3.05) is 20.3 Å². The van der Waals surface area contributed by atoms with E-state index in [4.69, 9.17) is 18.9 Å². The van der Waals surface area contributed by atoms with Gasteiger partial charge in [0.2, 0.25) is 5.91 Å². The molecule has 16 nitrogen and oxygen atoms in total. The van der Waals surface area contributed by atoms with Gasteiger partial charge in [0.1, 0.15) is 30.5 Å². The number of hydrogen-bond acceptors (Lipinski definition) is 13. The number of aliphatic hydroxyl groups excluding tert-OH is 4. The number of benzene rings is 1. The molecule has 1 aromatic carbocycles. The zero-order chi connectivity index (χ0) is 31.7. The summed E-state index contributed by atoms with van der Waals surface area (Å²) in [7, 11) is 1.14. The second-order valence-corrected chi connectivity index (χ2v) is 9.98. The predicted octanol–water partition coefficient (Wildman–Crippen LogP) is -2.66. The highest BCUT2D eigenvalue weighted by atomic mass is 16.7. The molecule has 0 aromatic heterocycles. The third-order valence-corrected chi connectivity index (χ3v) is 6.67. The van der Waals surface area contributed by atoms with Gasteiger partial charge in [-0.05, 0) is 31.5 Å². The van der Waals surface area contributed by atoms with Crippen molar-refractivity contribution in [3.63, 3.8) is 0 Å². The van der Waals surface area contributed by atoms with Crippen molar-refractivity contribution in [2.45, 2.75) is 88.3 Å². The molecule has 1 fully saturated rings. The summed E-state index contributed by atoms with van der Waals surface area (Å²) >= 11 is 0. The first kappa shape index (κ1) is 35.1. The smallest absolute Gasteiger partial charge is 0.326 e. The maximum atomic E-state index is 13.2. The Kier molecular flexibility index (Phi) is 13.3. The van der Waals surface area contributed by atoms with E-state index in [1.807, 2.05) is 0 Å². The number of carbonyl (C=O) groups excluding carboxylic acids is 2. The molecular formula is C26H40N2O14. The molecule has 1 aliphatic rings. The molecular weight excluding hydrogens is 564 g/mol. The Morgan fingerprint density at radius 3 is 2.26 bits per heavy atom. The normalized spacial score (nSPS) is 26.0. The zero-order valence-corrected chi connectivity index (χ0v) is 23.6. The minimum Gasteiger partial charge on any atom is -0.504 e. The van der Waals surface area contributed by atoms with E-state index in [0.717, 1.165) is 19.2 Å². The minimum atomic E-state index is -1.73. The molecule has 238 valence electrons. The van der Waals surface area contributed by atoms with Gasteiger partial charge in [0.25, 0.3) is 5.91 Å². The number of hydrogen-bond donors (Lipinski definition) is 9. The van der Waals surface area contributed by atoms with E-state index >= 15 is 0 Å². The molecule has 1 aromatic rings. The fraction of sp³-hybridized carbons (Fsp3) is 0.654. The summed E-state index contributed by atoms with van der Waals surface area (Å²) in [5, 5.41) is 74.2. The lowest BCUT2D eigenvalue weighted by Gasteiger charge is -2.41. The molecule has 2 amide bonds. The first-order valence-electron chi connectivity index (χ1n) is 13.1. The molecule has 42 heavy (non-hydrogen) atoms. The number of amides is 2. The highest BCUT2D eigenvalue weighted by molar-refractivity contribution is 5.87. The summed E-state index contributed by atoms with van der Waals surface area (Å²) < 4.78 is 22.0. The molecule has 16 heteroatoms. The van der Waals surface area contributed by atoms with Crippen LogP contribution in [0.15, 0.2) is 18.2 Å². The highest BCUT2D eigenvalue weighted by Gasteiger charge is 2.49. The van der Waals surface area contributed by atoms with Gasteiger partial charge in [-0.3, -0.25) is 9.59 Å². The molecule has 0 radical (unpaired) electrons. The number of carboxylic acid groups (broad SMARTS) is 1. The van der Waals surface area contributed by atoms with Gasteiger partial charge in [-0.1, -0.05) is 6.07 Å². The largest absolute Gasteiger partial charge is 0.504 e. The molecule has 2 rings (SSSR count). The highest BCUT2D eigenvalue weighted by Crippen LogP contribution is 2.27. The number of carbonyl (C=O) groups is 3. The Morgan fingerprint density at radius 2 is 1.74 bits per heavy atom. The molecule has 1 saturated heterocycles. The SMILES string of the molecule is COC1C(C(=O)N[C@H](Cc2ccc(O)c(O)c2)C(=O)O)OC(OC[C@H](NC(C)=O)C(C)OC(CO)[C@H](C)O)C(O)C1O. The molecule has 0 aliphatic carbocycles. The second kappa shape index (κ2) is 15.9. The van der Waals surface area contributed by atoms with Crippen LogP contribution in [-0.2, 0) is 39.8 Å². The van der Waals surface area contributed by atoms with E-state index in [0.29, 0.717) is 0 Å². The van der Waals surface area contributed by atoms with Crippen LogP contribution in [0.2, 0.25) is 0 Å². The lowest BCUT2D eigenvalue weighted by Crippen LogP contribution is -2.64. The molecule has 1 aliphatic heterocycles. The van der Waals surface area contributed by atoms with Crippen molar-refractivity contribution in [3.05, 3.63) is 23.8 Å². The number of nitrogens with one attached hydrogen (secondary N) is 2. The van der Waals surface area contributed by atoms with Crippen molar-refractivity contribution in [1.82, 2.24) is 10.6 Å². The third-order valence-electron chi connectivity index (χ3n) is 6.67. The van der Waals surface area contributed by atoms with Gasteiger partial charge >= 0.3 is 5.97 Å². The average molecular weight is 605 g/mol. The van der Waals surface area contributed by atoms with Crippen LogP contribution in [0.4, 0.5) is 0 Å². The van der Waals surface area contributed by atoms with Crippen molar-refractivity contribution < 1.29 is 69.1 Å². The summed E-state index contributed by atoms with van der Waals surface area (Å²) in [5.41, 5.74) is 0.280. The summed E-state index contributed by atoms with van der Waals surface area (Å²) in [6, 6.07) is 1.23. The number of aromatic hydroxyl groups is 2. The predicted molar refractivity (Wildman–Crippen MR) is 141 cm³/mol. The molecule has 0 saturated carbocycles. The van der Waals surface area contributed by atoms with Crippen LogP contribution < -0.4 is 10.6 Å². The van der Waals surface area contributed by atoms with Crippen molar-refractivity contribution >= 4 is 17.8 Å². The molecule has 7 unspecified atom stereocenters. The quantitative estimate of drug-likeness (QED) is 0.0927. The fourth-order valence-electron chi connectivity index (χ4n) is 4.27. The molecule has 1 heterocycles. The van der Waals surface area contributed by atoms with Crippen LogP contribution in [0.3, 0.4) is 0 Å². The van der Waals surface area contributed by atoms with Crippen molar-refractivity contribution in [1.29, 1.82) is 0 Å². The summed E-state index contributed by atoms with van der Waals surface area (Å²) in [5.74, 6) is -3.82. The molecule has 10 atom stereocenters. The van der Waals surface area contributed by atoms with Crippen LogP contribution in [0.1, 0.15) is 26.3 Å². The van der Waals surface area contributed by atoms with E-state index in [-0.39, 0.29) is 18.6 Å². The number of methoxy groups -OCH3 is 1. The summed E-state index contributed by atoms with van der Waals surface area (Å²) in [6.07, 6.45) is -11.3. The topological polar surface area (TPSA) is 254 Å². The van der Waals surface area contributed by atoms with Gasteiger partial charge < -0.3 is 65.3 Å². The monoisotopic (exact) mass is 604 g/mol. The standard InChI is InChI=1S/C26H40N2O14/c1-11(30)19(9-29)41-12(2)16(27-13(3)31)10-40-26-21(35)20(34)22(39-4)23(42-26)24(36)28-15(25(37)38)7-14-5-6-17(32)18(33)8-14/h5-6,8,11-12,15-16,19-23,26,29-30,32-35H,7,9-10H2,1-4H3,(H,27,31)(H,28,36)(H,37,38)/t11-,12?,15+,16-,19?,20?,21?,22?,23?,26?/m0/s1. The van der Waals surface area contributed by atoms with Crippen LogP contribution in [0, 0.1) is 0 Å². The zero-order valence-electron chi connectivity index (χ0n) is 23.6. The number of phenols is 2. The van der Waals surface area contributed by atoms with Gasteiger partial charge in [-0.25, -0.2) is 4.79 Å².